The third-order valence-corrected chi connectivity index (χ3v) is 4.07. The first-order chi connectivity index (χ1) is 11.7. The molecule has 0 spiro atoms. The molecule has 5 heteroatoms. The van der Waals surface area contributed by atoms with E-state index in [-0.39, 0.29) is 17.4 Å². The molecule has 0 bridgehead atoms. The van der Waals surface area contributed by atoms with E-state index < -0.39 is 0 Å². The predicted molar refractivity (Wildman–Crippen MR) is 93.0 cm³/mol. The summed E-state index contributed by atoms with van der Waals surface area (Å²) in [6.07, 6.45) is 0.526. The van der Waals surface area contributed by atoms with E-state index in [1.165, 1.54) is 0 Å². The first kappa shape index (κ1) is 15.9. The van der Waals surface area contributed by atoms with Crippen molar-refractivity contribution in [3.63, 3.8) is 0 Å². The van der Waals surface area contributed by atoms with E-state index in [0.717, 1.165) is 27.9 Å². The number of rotatable bonds is 6. The first-order valence-corrected chi connectivity index (χ1v) is 7.76. The fourth-order valence-corrected chi connectivity index (χ4v) is 2.82. The summed E-state index contributed by atoms with van der Waals surface area (Å²) >= 11 is 0. The second-order valence-corrected chi connectivity index (χ2v) is 5.68. The molecule has 0 aliphatic carbocycles. The van der Waals surface area contributed by atoms with Crippen LogP contribution in [0.4, 0.5) is 0 Å². The zero-order valence-corrected chi connectivity index (χ0v) is 13.4. The molecule has 0 aliphatic rings. The van der Waals surface area contributed by atoms with Crippen LogP contribution in [0.1, 0.15) is 17.2 Å². The molecule has 0 aliphatic heterocycles. The van der Waals surface area contributed by atoms with Crippen LogP contribution < -0.4 is 4.74 Å². The standard InChI is InChI=1S/C19H18N2O3/c1-24-18-10-7-14(8-11-18)16(13-21(22)23)12-17-9-6-15-4-2-3-5-19(15)20-17/h2-11,16H,12-13H2,1H3. The molecule has 1 aromatic heterocycles. The van der Waals surface area contributed by atoms with Crippen molar-refractivity contribution in [3.05, 3.63) is 82.0 Å². The van der Waals surface area contributed by atoms with Crippen molar-refractivity contribution in [2.24, 2.45) is 0 Å². The van der Waals surface area contributed by atoms with Gasteiger partial charge in [-0.25, -0.2) is 0 Å². The van der Waals surface area contributed by atoms with Crippen molar-refractivity contribution < 1.29 is 9.66 Å². The topological polar surface area (TPSA) is 65.3 Å². The van der Waals surface area contributed by atoms with Gasteiger partial charge in [-0.1, -0.05) is 36.4 Å². The lowest BCUT2D eigenvalue weighted by atomic mass is 9.93. The van der Waals surface area contributed by atoms with Crippen LogP contribution in [0.15, 0.2) is 60.7 Å². The third kappa shape index (κ3) is 3.68. The van der Waals surface area contributed by atoms with Crippen molar-refractivity contribution in [1.29, 1.82) is 0 Å². The van der Waals surface area contributed by atoms with E-state index in [9.17, 15) is 10.1 Å². The number of para-hydroxylation sites is 1. The van der Waals surface area contributed by atoms with Crippen molar-refractivity contribution in [2.45, 2.75) is 12.3 Å². The maximum absolute atomic E-state index is 11.1. The molecular formula is C19H18N2O3. The molecule has 1 unspecified atom stereocenters. The number of nitro groups is 1. The zero-order valence-electron chi connectivity index (χ0n) is 13.4. The molecule has 0 saturated carbocycles. The van der Waals surface area contributed by atoms with Gasteiger partial charge >= 0.3 is 0 Å². The highest BCUT2D eigenvalue weighted by Crippen LogP contribution is 2.24. The van der Waals surface area contributed by atoms with E-state index in [4.69, 9.17) is 4.74 Å². The molecular weight excluding hydrogens is 304 g/mol. The zero-order chi connectivity index (χ0) is 16.9. The molecule has 122 valence electrons. The largest absolute Gasteiger partial charge is 0.497 e. The third-order valence-electron chi connectivity index (χ3n) is 4.07. The Morgan fingerprint density at radius 1 is 1.08 bits per heavy atom. The predicted octanol–water partition coefficient (Wildman–Crippen LogP) is 3.85. The maximum Gasteiger partial charge on any atom is 0.211 e. The number of fused-ring (bicyclic) bond motifs is 1. The average Bonchev–Trinajstić information content (AvgIpc) is 2.61. The van der Waals surface area contributed by atoms with E-state index in [0.29, 0.717) is 6.42 Å². The van der Waals surface area contributed by atoms with E-state index >= 15 is 0 Å². The molecule has 0 radical (unpaired) electrons. The molecule has 1 atom stereocenters. The minimum Gasteiger partial charge on any atom is -0.497 e. The van der Waals surface area contributed by atoms with Gasteiger partial charge in [0.05, 0.1) is 18.5 Å². The average molecular weight is 322 g/mol. The van der Waals surface area contributed by atoms with Crippen LogP contribution in [-0.2, 0) is 6.42 Å². The van der Waals surface area contributed by atoms with Crippen LogP contribution in [-0.4, -0.2) is 23.6 Å². The van der Waals surface area contributed by atoms with Crippen LogP contribution in [0.5, 0.6) is 5.75 Å². The summed E-state index contributed by atoms with van der Waals surface area (Å²) in [6, 6.07) is 19.2. The van der Waals surface area contributed by atoms with Gasteiger partial charge in [-0.2, -0.15) is 0 Å². The maximum atomic E-state index is 11.1. The highest BCUT2D eigenvalue weighted by atomic mass is 16.6. The van der Waals surface area contributed by atoms with Crippen LogP contribution in [0, 0.1) is 10.1 Å². The summed E-state index contributed by atoms with van der Waals surface area (Å²) in [5, 5.41) is 12.1. The minimum atomic E-state index is -0.268. The molecule has 3 aromatic rings. The molecule has 3 rings (SSSR count). The lowest BCUT2D eigenvalue weighted by Crippen LogP contribution is -2.15. The van der Waals surface area contributed by atoms with Crippen molar-refractivity contribution in [1.82, 2.24) is 4.98 Å². The summed E-state index contributed by atoms with van der Waals surface area (Å²) in [5.74, 6) is 0.516. The molecule has 0 fully saturated rings. The number of benzene rings is 2. The second-order valence-electron chi connectivity index (χ2n) is 5.68. The summed E-state index contributed by atoms with van der Waals surface area (Å²) in [6.45, 7) is -0.124. The highest BCUT2D eigenvalue weighted by Gasteiger charge is 2.19. The van der Waals surface area contributed by atoms with E-state index in [2.05, 4.69) is 4.98 Å². The van der Waals surface area contributed by atoms with Crippen molar-refractivity contribution in [3.8, 4) is 5.75 Å². The lowest BCUT2D eigenvalue weighted by molar-refractivity contribution is -0.483. The highest BCUT2D eigenvalue weighted by molar-refractivity contribution is 5.78. The fourth-order valence-electron chi connectivity index (χ4n) is 2.82. The number of ether oxygens (including phenoxy) is 1. The van der Waals surface area contributed by atoms with Gasteiger partial charge < -0.3 is 4.74 Å². The summed E-state index contributed by atoms with van der Waals surface area (Å²) in [4.78, 5) is 15.4. The SMILES string of the molecule is COc1ccc(C(Cc2ccc3ccccc3n2)C[N+](=O)[O-])cc1. The van der Waals surface area contributed by atoms with Crippen molar-refractivity contribution >= 4 is 10.9 Å². The molecule has 2 aromatic carbocycles. The number of nitrogens with zero attached hydrogens (tertiary/aromatic N) is 2. The summed E-state index contributed by atoms with van der Waals surface area (Å²) < 4.78 is 5.15. The summed E-state index contributed by atoms with van der Waals surface area (Å²) in [7, 11) is 1.60. The quantitative estimate of drug-likeness (QED) is 0.511. The Morgan fingerprint density at radius 3 is 2.54 bits per heavy atom. The van der Waals surface area contributed by atoms with Crippen molar-refractivity contribution in [2.75, 3.05) is 13.7 Å². The molecule has 24 heavy (non-hydrogen) atoms. The summed E-state index contributed by atoms with van der Waals surface area (Å²) in [5.41, 5.74) is 2.68. The van der Waals surface area contributed by atoms with Crippen LogP contribution in [0.2, 0.25) is 0 Å². The van der Waals surface area contributed by atoms with Gasteiger partial charge in [-0.3, -0.25) is 15.1 Å². The van der Waals surface area contributed by atoms with Gasteiger partial charge in [0.25, 0.3) is 0 Å². The molecule has 1 heterocycles. The fraction of sp³-hybridized carbons (Fsp3) is 0.211. The van der Waals surface area contributed by atoms with Gasteiger partial charge in [0, 0.05) is 22.4 Å². The number of pyridine rings is 1. The molecule has 0 N–H and O–H groups in total. The van der Waals surface area contributed by atoms with E-state index in [1.807, 2.05) is 60.7 Å². The van der Waals surface area contributed by atoms with Crippen LogP contribution >= 0.6 is 0 Å². The van der Waals surface area contributed by atoms with Gasteiger partial charge in [0.1, 0.15) is 5.75 Å². The normalized spacial score (nSPS) is 12.0. The van der Waals surface area contributed by atoms with Gasteiger partial charge in [-0.05, 0) is 29.8 Å². The number of hydrogen-bond donors (Lipinski definition) is 0. The Kier molecular flexibility index (Phi) is 4.70. The molecule has 5 nitrogen and oxygen atoms in total. The Morgan fingerprint density at radius 2 is 1.83 bits per heavy atom. The van der Waals surface area contributed by atoms with Crippen LogP contribution in [0.3, 0.4) is 0 Å². The Balaban J connectivity index is 1.88. The Hall–Kier alpha value is -2.95. The number of aromatic nitrogens is 1. The van der Waals surface area contributed by atoms with Gasteiger partial charge in [0.15, 0.2) is 0 Å². The smallest absolute Gasteiger partial charge is 0.211 e. The van der Waals surface area contributed by atoms with Crippen LogP contribution in [0.25, 0.3) is 10.9 Å². The van der Waals surface area contributed by atoms with Gasteiger partial charge in [0.2, 0.25) is 6.54 Å². The van der Waals surface area contributed by atoms with E-state index in [1.54, 1.807) is 7.11 Å². The number of methoxy groups -OCH3 is 1. The Bertz CT molecular complexity index is 847. The molecule has 0 saturated heterocycles. The lowest BCUT2D eigenvalue weighted by Gasteiger charge is -2.14. The first-order valence-electron chi connectivity index (χ1n) is 7.76. The minimum absolute atomic E-state index is 0.124. The van der Waals surface area contributed by atoms with Gasteiger partial charge in [-0.15, -0.1) is 0 Å². The second kappa shape index (κ2) is 7.08. The monoisotopic (exact) mass is 322 g/mol. The number of hydrogen-bond acceptors (Lipinski definition) is 4. The Labute approximate surface area is 140 Å². The molecule has 0 amide bonds.